The van der Waals surface area contributed by atoms with E-state index in [9.17, 15) is 19.8 Å². The summed E-state index contributed by atoms with van der Waals surface area (Å²) in [7, 11) is 0. The van der Waals surface area contributed by atoms with Crippen molar-refractivity contribution in [3.05, 3.63) is 146 Å². The molecule has 0 bridgehead atoms. The first-order chi connectivity index (χ1) is 31.0. The van der Waals surface area contributed by atoms with E-state index in [1.165, 1.54) is 44.9 Å². The van der Waals surface area contributed by atoms with E-state index < -0.39 is 18.2 Å². The molecule has 0 heterocycles. The molecule has 0 rings (SSSR count). The maximum absolute atomic E-state index is 13.1. The highest BCUT2D eigenvalue weighted by Gasteiger charge is 2.23. The Labute approximate surface area is 385 Å². The lowest BCUT2D eigenvalue weighted by Gasteiger charge is -2.23. The number of nitrogens with one attached hydrogen (secondary N) is 1. The molecule has 6 heteroatoms. The van der Waals surface area contributed by atoms with Gasteiger partial charge in [-0.2, -0.15) is 0 Å². The quantitative estimate of drug-likeness (QED) is 0.0246. The van der Waals surface area contributed by atoms with Crippen LogP contribution in [0.3, 0.4) is 0 Å². The van der Waals surface area contributed by atoms with Crippen LogP contribution in [0.5, 0.6) is 0 Å². The Bertz CT molecular complexity index is 1440. The van der Waals surface area contributed by atoms with E-state index in [0.29, 0.717) is 19.3 Å². The third-order valence-corrected chi connectivity index (χ3v) is 10.1. The smallest absolute Gasteiger partial charge is 0.306 e. The number of carbonyl (C=O) groups excluding carboxylic acids is 2. The fourth-order valence-corrected chi connectivity index (χ4v) is 6.40. The molecule has 0 saturated heterocycles. The zero-order valence-electron chi connectivity index (χ0n) is 39.9. The SMILES string of the molecule is CC\C=C/C=C/C=C/C=C\C=C\C=C\CCCCCC(=O)OC(/C=C\C/C=C\C/C=C\C/C=C\C/C=C\C/C=C\CC)CC(=O)NC(CO)C(O)CCCCCCCCCCCC. The predicted octanol–water partition coefficient (Wildman–Crippen LogP) is 14.8. The van der Waals surface area contributed by atoms with Gasteiger partial charge in [-0.1, -0.05) is 231 Å². The van der Waals surface area contributed by atoms with Crippen molar-refractivity contribution in [3.8, 4) is 0 Å². The first kappa shape index (κ1) is 58.7. The van der Waals surface area contributed by atoms with E-state index in [4.69, 9.17) is 4.74 Å². The predicted molar refractivity (Wildman–Crippen MR) is 272 cm³/mol. The average Bonchev–Trinajstić information content (AvgIpc) is 3.28. The number of allylic oxidation sites excluding steroid dienone is 23. The molecule has 0 saturated carbocycles. The van der Waals surface area contributed by atoms with E-state index in [1.807, 2.05) is 66.8 Å². The normalized spacial score (nSPS) is 14.6. The number of carbonyl (C=O) groups is 2. The summed E-state index contributed by atoms with van der Waals surface area (Å²) in [6.45, 7) is 6.14. The minimum Gasteiger partial charge on any atom is -0.458 e. The highest BCUT2D eigenvalue weighted by Crippen LogP contribution is 2.14. The molecular weight excluding hydrogens is 779 g/mol. The second kappa shape index (κ2) is 48.8. The standard InChI is InChI=1S/C57H89NO5/c1-4-7-10-13-16-19-22-24-26-28-30-32-34-36-39-42-45-48-53(51-56(61)58-54(52-59)55(60)49-46-43-40-37-21-18-15-12-9-6-3)63-57(62)50-47-44-41-38-35-33-31-29-27-25-23-20-17-14-11-8-5-2/h7-8,10-11,14,16-17,19-20,23-27,29-33,35-36,39,45,48,53-55,59-60H,4-6,9,12-13,15,18,21-22,28,34,37-38,40-44,46-47,49-52H2,1-3H3,(H,58,61)/b10-7-,11-8-,17-14+,19-16-,23-20+,26-24-,27-25-,31-29+,32-30-,35-33+,39-36-,48-45-. The summed E-state index contributed by atoms with van der Waals surface area (Å²) in [5.74, 6) is -0.701. The number of hydrogen-bond acceptors (Lipinski definition) is 5. The van der Waals surface area contributed by atoms with Crippen molar-refractivity contribution in [3.63, 3.8) is 0 Å². The molecule has 0 aliphatic rings. The fourth-order valence-electron chi connectivity index (χ4n) is 6.40. The molecule has 352 valence electrons. The second-order valence-corrected chi connectivity index (χ2v) is 15.9. The Kier molecular flexibility index (Phi) is 45.5. The summed E-state index contributed by atoms with van der Waals surface area (Å²) < 4.78 is 5.79. The van der Waals surface area contributed by atoms with Gasteiger partial charge >= 0.3 is 5.97 Å². The number of ether oxygens (including phenoxy) is 1. The molecule has 63 heavy (non-hydrogen) atoms. The number of rotatable bonds is 41. The number of aliphatic hydroxyl groups excluding tert-OH is 2. The highest BCUT2D eigenvalue weighted by atomic mass is 16.5. The Morgan fingerprint density at radius 3 is 1.46 bits per heavy atom. The van der Waals surface area contributed by atoms with E-state index in [0.717, 1.165) is 77.0 Å². The van der Waals surface area contributed by atoms with E-state index in [2.05, 4.69) is 99.0 Å². The van der Waals surface area contributed by atoms with Crippen molar-refractivity contribution in [1.82, 2.24) is 5.32 Å². The summed E-state index contributed by atoms with van der Waals surface area (Å²) >= 11 is 0. The maximum Gasteiger partial charge on any atom is 0.306 e. The average molecular weight is 868 g/mol. The summed E-state index contributed by atoms with van der Waals surface area (Å²) in [6, 6.07) is -0.763. The Balaban J connectivity index is 4.93. The molecule has 6 nitrogen and oxygen atoms in total. The minimum absolute atomic E-state index is 0.0765. The van der Waals surface area contributed by atoms with Gasteiger partial charge in [0, 0.05) is 6.42 Å². The van der Waals surface area contributed by atoms with Crippen LogP contribution in [0.15, 0.2) is 146 Å². The van der Waals surface area contributed by atoms with E-state index in [-0.39, 0.29) is 31.3 Å². The van der Waals surface area contributed by atoms with Crippen molar-refractivity contribution in [2.75, 3.05) is 6.61 Å². The summed E-state index contributed by atoms with van der Waals surface area (Å²) in [4.78, 5) is 26.0. The van der Waals surface area contributed by atoms with Crippen LogP contribution in [-0.4, -0.2) is 46.9 Å². The lowest BCUT2D eigenvalue weighted by atomic mass is 10.0. The monoisotopic (exact) mass is 868 g/mol. The number of aliphatic hydroxyl groups is 2. The molecule has 3 atom stereocenters. The van der Waals surface area contributed by atoms with Gasteiger partial charge in [0.1, 0.15) is 6.10 Å². The summed E-state index contributed by atoms with van der Waals surface area (Å²) in [5.41, 5.74) is 0. The molecule has 3 unspecified atom stereocenters. The van der Waals surface area contributed by atoms with Gasteiger partial charge in [-0.25, -0.2) is 0 Å². The Morgan fingerprint density at radius 1 is 0.508 bits per heavy atom. The van der Waals surface area contributed by atoms with Crippen molar-refractivity contribution < 1.29 is 24.5 Å². The molecule has 3 N–H and O–H groups in total. The van der Waals surface area contributed by atoms with Crippen LogP contribution in [0.2, 0.25) is 0 Å². The van der Waals surface area contributed by atoms with Crippen molar-refractivity contribution in [1.29, 1.82) is 0 Å². The molecule has 0 aliphatic carbocycles. The van der Waals surface area contributed by atoms with Crippen LogP contribution in [0.4, 0.5) is 0 Å². The van der Waals surface area contributed by atoms with Gasteiger partial charge in [-0.3, -0.25) is 9.59 Å². The van der Waals surface area contributed by atoms with Crippen molar-refractivity contribution >= 4 is 11.9 Å². The fraction of sp³-hybridized carbons (Fsp3) is 0.544. The zero-order chi connectivity index (χ0) is 45.9. The number of hydrogen-bond donors (Lipinski definition) is 3. The van der Waals surface area contributed by atoms with Gasteiger partial charge in [-0.05, 0) is 76.7 Å². The molecule has 0 aromatic carbocycles. The lowest BCUT2D eigenvalue weighted by Crippen LogP contribution is -2.46. The molecule has 0 aromatic rings. The number of esters is 1. The number of unbranched alkanes of at least 4 members (excludes halogenated alkanes) is 12. The molecule has 0 fully saturated rings. The molecule has 1 amide bonds. The largest absolute Gasteiger partial charge is 0.458 e. The van der Waals surface area contributed by atoms with Gasteiger partial charge in [0.05, 0.1) is 25.2 Å². The minimum atomic E-state index is -0.837. The molecule has 0 radical (unpaired) electrons. The molecule has 0 aromatic heterocycles. The van der Waals surface area contributed by atoms with Crippen LogP contribution < -0.4 is 5.32 Å². The topological polar surface area (TPSA) is 95.9 Å². The van der Waals surface area contributed by atoms with E-state index >= 15 is 0 Å². The Morgan fingerprint density at radius 2 is 0.952 bits per heavy atom. The van der Waals surface area contributed by atoms with Crippen LogP contribution in [0.1, 0.15) is 175 Å². The molecule has 0 aliphatic heterocycles. The van der Waals surface area contributed by atoms with Gasteiger partial charge in [0.25, 0.3) is 0 Å². The van der Waals surface area contributed by atoms with Gasteiger partial charge < -0.3 is 20.3 Å². The van der Waals surface area contributed by atoms with Crippen LogP contribution >= 0.6 is 0 Å². The zero-order valence-corrected chi connectivity index (χ0v) is 39.9. The third kappa shape index (κ3) is 44.2. The van der Waals surface area contributed by atoms with E-state index in [1.54, 1.807) is 6.08 Å². The first-order valence-electron chi connectivity index (χ1n) is 24.7. The van der Waals surface area contributed by atoms with Crippen LogP contribution in [0.25, 0.3) is 0 Å². The summed E-state index contributed by atoms with van der Waals surface area (Å²) in [6.07, 6.45) is 70.7. The van der Waals surface area contributed by atoms with Crippen molar-refractivity contribution in [2.45, 2.75) is 193 Å². The maximum atomic E-state index is 13.1. The van der Waals surface area contributed by atoms with Crippen molar-refractivity contribution in [2.24, 2.45) is 0 Å². The van der Waals surface area contributed by atoms with Gasteiger partial charge in [0.15, 0.2) is 0 Å². The highest BCUT2D eigenvalue weighted by molar-refractivity contribution is 5.78. The van der Waals surface area contributed by atoms with Crippen LogP contribution in [-0.2, 0) is 14.3 Å². The first-order valence-corrected chi connectivity index (χ1v) is 24.7. The van der Waals surface area contributed by atoms with Gasteiger partial charge in [-0.15, -0.1) is 0 Å². The van der Waals surface area contributed by atoms with Crippen LogP contribution in [0, 0.1) is 0 Å². The second-order valence-electron chi connectivity index (χ2n) is 15.9. The number of amides is 1. The Hall–Kier alpha value is -4.26. The van der Waals surface area contributed by atoms with Gasteiger partial charge in [0.2, 0.25) is 5.91 Å². The third-order valence-electron chi connectivity index (χ3n) is 10.1. The lowest BCUT2D eigenvalue weighted by molar-refractivity contribution is -0.148. The molecule has 0 spiro atoms. The molecular formula is C57H89NO5. The summed E-state index contributed by atoms with van der Waals surface area (Å²) in [5, 5.41) is 23.6.